The molecule has 0 aromatic carbocycles. The molecule has 1 unspecified atom stereocenters. The summed E-state index contributed by atoms with van der Waals surface area (Å²) in [7, 11) is 0. The van der Waals surface area contributed by atoms with E-state index in [9.17, 15) is 0 Å². The number of allylic oxidation sites excluding steroid dienone is 2. The third-order valence-corrected chi connectivity index (χ3v) is 3.67. The lowest BCUT2D eigenvalue weighted by Crippen LogP contribution is -2.30. The van der Waals surface area contributed by atoms with Crippen molar-refractivity contribution in [3.63, 3.8) is 0 Å². The highest BCUT2D eigenvalue weighted by molar-refractivity contribution is 7.80. The second kappa shape index (κ2) is 4.90. The van der Waals surface area contributed by atoms with E-state index >= 15 is 0 Å². The van der Waals surface area contributed by atoms with E-state index in [2.05, 4.69) is 37.9 Å². The lowest BCUT2D eigenvalue weighted by Gasteiger charge is -2.40. The first-order chi connectivity index (χ1) is 6.29. The number of hydrogen-bond acceptors (Lipinski definition) is 1. The SMILES string of the molecule is C=CC1(C=C)CCCCC1CCS. The van der Waals surface area contributed by atoms with E-state index in [1.807, 2.05) is 0 Å². The first-order valence-electron chi connectivity index (χ1n) is 5.17. The Morgan fingerprint density at radius 2 is 2.00 bits per heavy atom. The molecule has 1 saturated carbocycles. The number of rotatable bonds is 4. The molecule has 1 heteroatoms. The molecule has 1 fully saturated rings. The first kappa shape index (κ1) is 10.9. The second-order valence-electron chi connectivity index (χ2n) is 3.98. The summed E-state index contributed by atoms with van der Waals surface area (Å²) < 4.78 is 0. The van der Waals surface area contributed by atoms with Crippen molar-refractivity contribution in [2.45, 2.75) is 32.1 Å². The highest BCUT2D eigenvalue weighted by Gasteiger charge is 2.34. The molecule has 74 valence electrons. The lowest BCUT2D eigenvalue weighted by molar-refractivity contribution is 0.201. The van der Waals surface area contributed by atoms with Gasteiger partial charge in [0, 0.05) is 5.41 Å². The standard InChI is InChI=1S/C12H20S/c1-3-12(4-2)9-6-5-7-11(12)8-10-13/h3-4,11,13H,1-2,5-10H2. The predicted octanol–water partition coefficient (Wildman–Crippen LogP) is 3.85. The van der Waals surface area contributed by atoms with Crippen LogP contribution in [0.1, 0.15) is 32.1 Å². The fourth-order valence-electron chi connectivity index (χ4n) is 2.48. The molecule has 0 aliphatic heterocycles. The molecule has 0 nitrogen and oxygen atoms in total. The second-order valence-corrected chi connectivity index (χ2v) is 4.42. The molecule has 1 atom stereocenters. The molecule has 1 aliphatic carbocycles. The van der Waals surface area contributed by atoms with Gasteiger partial charge in [-0.15, -0.1) is 13.2 Å². The molecule has 0 bridgehead atoms. The summed E-state index contributed by atoms with van der Waals surface area (Å²) in [4.78, 5) is 0. The van der Waals surface area contributed by atoms with Crippen molar-refractivity contribution in [2.75, 3.05) is 5.75 Å². The van der Waals surface area contributed by atoms with Crippen LogP contribution in [0.5, 0.6) is 0 Å². The topological polar surface area (TPSA) is 0 Å². The van der Waals surface area contributed by atoms with Crippen molar-refractivity contribution in [2.24, 2.45) is 11.3 Å². The predicted molar refractivity (Wildman–Crippen MR) is 63.3 cm³/mol. The van der Waals surface area contributed by atoms with Crippen LogP contribution in [-0.2, 0) is 0 Å². The Morgan fingerprint density at radius 3 is 2.54 bits per heavy atom. The molecule has 0 amide bonds. The Labute approximate surface area is 87.5 Å². The average Bonchev–Trinajstić information content (AvgIpc) is 2.20. The fourth-order valence-corrected chi connectivity index (χ4v) is 2.80. The van der Waals surface area contributed by atoms with Crippen LogP contribution in [0, 0.1) is 11.3 Å². The van der Waals surface area contributed by atoms with Crippen LogP contribution in [-0.4, -0.2) is 5.75 Å². The Balaban J connectivity index is 2.74. The molecule has 0 saturated heterocycles. The Morgan fingerprint density at radius 1 is 1.31 bits per heavy atom. The van der Waals surface area contributed by atoms with Gasteiger partial charge in [-0.1, -0.05) is 25.0 Å². The summed E-state index contributed by atoms with van der Waals surface area (Å²) in [5.74, 6) is 1.71. The van der Waals surface area contributed by atoms with Gasteiger partial charge in [0.1, 0.15) is 0 Å². The summed E-state index contributed by atoms with van der Waals surface area (Å²) in [6, 6.07) is 0. The van der Waals surface area contributed by atoms with E-state index in [0.29, 0.717) is 0 Å². The van der Waals surface area contributed by atoms with Gasteiger partial charge in [-0.05, 0) is 30.9 Å². The van der Waals surface area contributed by atoms with Gasteiger partial charge in [0.25, 0.3) is 0 Å². The Bertz CT molecular complexity index is 174. The van der Waals surface area contributed by atoms with E-state index in [1.54, 1.807) is 0 Å². The van der Waals surface area contributed by atoms with Crippen LogP contribution in [0.25, 0.3) is 0 Å². The van der Waals surface area contributed by atoms with Gasteiger partial charge in [0.15, 0.2) is 0 Å². The first-order valence-corrected chi connectivity index (χ1v) is 5.80. The highest BCUT2D eigenvalue weighted by atomic mass is 32.1. The smallest absolute Gasteiger partial charge is 0.00842 e. The van der Waals surface area contributed by atoms with Crippen molar-refractivity contribution in [3.05, 3.63) is 25.3 Å². The summed E-state index contributed by atoms with van der Waals surface area (Å²) >= 11 is 4.32. The van der Waals surface area contributed by atoms with E-state index in [-0.39, 0.29) is 5.41 Å². The summed E-state index contributed by atoms with van der Waals surface area (Å²) in [6.45, 7) is 7.93. The van der Waals surface area contributed by atoms with Crippen LogP contribution in [0.4, 0.5) is 0 Å². The number of hydrogen-bond donors (Lipinski definition) is 1. The maximum Gasteiger partial charge on any atom is 0.00842 e. The van der Waals surface area contributed by atoms with Crippen molar-refractivity contribution < 1.29 is 0 Å². The molecule has 1 aliphatic rings. The monoisotopic (exact) mass is 196 g/mol. The number of thiol groups is 1. The van der Waals surface area contributed by atoms with E-state index < -0.39 is 0 Å². The minimum absolute atomic E-state index is 0.209. The van der Waals surface area contributed by atoms with Gasteiger partial charge >= 0.3 is 0 Å². The van der Waals surface area contributed by atoms with Gasteiger partial charge < -0.3 is 0 Å². The van der Waals surface area contributed by atoms with E-state index in [1.165, 1.54) is 32.1 Å². The maximum absolute atomic E-state index is 4.32. The Kier molecular flexibility index (Phi) is 4.11. The van der Waals surface area contributed by atoms with Gasteiger partial charge in [0.2, 0.25) is 0 Å². The third kappa shape index (κ3) is 2.19. The zero-order valence-corrected chi connectivity index (χ0v) is 9.23. The molecule has 0 spiro atoms. The van der Waals surface area contributed by atoms with Crippen molar-refractivity contribution in [1.82, 2.24) is 0 Å². The zero-order chi connectivity index (χ0) is 9.73. The molecule has 0 radical (unpaired) electrons. The molecule has 13 heavy (non-hydrogen) atoms. The third-order valence-electron chi connectivity index (χ3n) is 3.41. The van der Waals surface area contributed by atoms with Gasteiger partial charge in [0.05, 0.1) is 0 Å². The van der Waals surface area contributed by atoms with E-state index in [4.69, 9.17) is 0 Å². The molecule has 1 rings (SSSR count). The minimum atomic E-state index is 0.209. The molecule has 0 aromatic heterocycles. The zero-order valence-electron chi connectivity index (χ0n) is 8.34. The molecule has 0 aromatic rings. The van der Waals surface area contributed by atoms with Crippen LogP contribution in [0.15, 0.2) is 25.3 Å². The summed E-state index contributed by atoms with van der Waals surface area (Å²) in [6.07, 6.45) is 10.6. The van der Waals surface area contributed by atoms with Crippen LogP contribution < -0.4 is 0 Å². The van der Waals surface area contributed by atoms with Crippen molar-refractivity contribution in [1.29, 1.82) is 0 Å². The molecular weight excluding hydrogens is 176 g/mol. The minimum Gasteiger partial charge on any atom is -0.179 e. The van der Waals surface area contributed by atoms with Crippen LogP contribution in [0.2, 0.25) is 0 Å². The maximum atomic E-state index is 4.32. The van der Waals surface area contributed by atoms with Crippen molar-refractivity contribution >= 4 is 12.6 Å². The van der Waals surface area contributed by atoms with Gasteiger partial charge in [-0.3, -0.25) is 0 Å². The Hall–Kier alpha value is -0.170. The van der Waals surface area contributed by atoms with Gasteiger partial charge in [-0.25, -0.2) is 0 Å². The fraction of sp³-hybridized carbons (Fsp3) is 0.667. The normalized spacial score (nSPS) is 26.7. The molecule has 0 heterocycles. The molecular formula is C12H20S. The molecule has 0 N–H and O–H groups in total. The summed E-state index contributed by atoms with van der Waals surface area (Å²) in [5, 5.41) is 0. The quantitative estimate of drug-likeness (QED) is 0.512. The average molecular weight is 196 g/mol. The lowest BCUT2D eigenvalue weighted by atomic mass is 9.65. The highest BCUT2D eigenvalue weighted by Crippen LogP contribution is 2.44. The van der Waals surface area contributed by atoms with Crippen molar-refractivity contribution in [3.8, 4) is 0 Å². The van der Waals surface area contributed by atoms with Crippen LogP contribution >= 0.6 is 12.6 Å². The van der Waals surface area contributed by atoms with Crippen LogP contribution in [0.3, 0.4) is 0 Å². The van der Waals surface area contributed by atoms with E-state index in [0.717, 1.165) is 11.7 Å². The van der Waals surface area contributed by atoms with Gasteiger partial charge in [-0.2, -0.15) is 12.6 Å². The summed E-state index contributed by atoms with van der Waals surface area (Å²) in [5.41, 5.74) is 0.209. The largest absolute Gasteiger partial charge is 0.179 e.